The smallest absolute Gasteiger partial charge is 0.307 e. The van der Waals surface area contributed by atoms with Crippen LogP contribution in [0.5, 0.6) is 0 Å². The predicted molar refractivity (Wildman–Crippen MR) is 71.3 cm³/mol. The lowest BCUT2D eigenvalue weighted by atomic mass is 10.00. The highest BCUT2D eigenvalue weighted by atomic mass is 35.5. The van der Waals surface area contributed by atoms with E-state index in [1.54, 1.807) is 6.92 Å². The van der Waals surface area contributed by atoms with Gasteiger partial charge in [-0.2, -0.15) is 0 Å². The molecule has 0 unspecified atom stereocenters. The topological polar surface area (TPSA) is 52.3 Å². The van der Waals surface area contributed by atoms with Crippen molar-refractivity contribution in [1.82, 2.24) is 0 Å². The van der Waals surface area contributed by atoms with Crippen LogP contribution in [0, 0.1) is 13.8 Å². The standard InChI is InChI=1S/C13H19NO2.ClH/c1-4-16-13(15)8-12(14)11-6-9(2)5-10(3)7-11;/h5-7,12H,4,8,14H2,1-3H3;1H/t12-;/m0./s1. The summed E-state index contributed by atoms with van der Waals surface area (Å²) < 4.78 is 4.88. The monoisotopic (exact) mass is 257 g/mol. The van der Waals surface area contributed by atoms with Crippen LogP contribution in [0.4, 0.5) is 0 Å². The molecule has 17 heavy (non-hydrogen) atoms. The number of halogens is 1. The molecule has 0 fully saturated rings. The molecule has 3 nitrogen and oxygen atoms in total. The maximum absolute atomic E-state index is 11.3. The van der Waals surface area contributed by atoms with Crippen molar-refractivity contribution < 1.29 is 9.53 Å². The number of ether oxygens (including phenoxy) is 1. The van der Waals surface area contributed by atoms with Gasteiger partial charge >= 0.3 is 5.97 Å². The Hall–Kier alpha value is -1.06. The molecule has 0 saturated heterocycles. The van der Waals surface area contributed by atoms with Gasteiger partial charge in [0.2, 0.25) is 0 Å². The van der Waals surface area contributed by atoms with Gasteiger partial charge in [-0.15, -0.1) is 12.4 Å². The van der Waals surface area contributed by atoms with Crippen molar-refractivity contribution >= 4 is 18.4 Å². The molecular formula is C13H20ClNO2. The molecule has 0 amide bonds. The van der Waals surface area contributed by atoms with Gasteiger partial charge in [0, 0.05) is 6.04 Å². The third-order valence-electron chi connectivity index (χ3n) is 2.36. The summed E-state index contributed by atoms with van der Waals surface area (Å²) in [4.78, 5) is 11.3. The average molecular weight is 258 g/mol. The Bertz CT molecular complexity index is 359. The van der Waals surface area contributed by atoms with Crippen molar-refractivity contribution in [3.63, 3.8) is 0 Å². The van der Waals surface area contributed by atoms with Gasteiger partial charge in [-0.25, -0.2) is 0 Å². The van der Waals surface area contributed by atoms with Gasteiger partial charge < -0.3 is 10.5 Å². The minimum atomic E-state index is -0.280. The maximum Gasteiger partial charge on any atom is 0.307 e. The quantitative estimate of drug-likeness (QED) is 0.844. The van der Waals surface area contributed by atoms with E-state index in [4.69, 9.17) is 10.5 Å². The number of hydrogen-bond acceptors (Lipinski definition) is 3. The molecule has 0 spiro atoms. The molecular weight excluding hydrogens is 238 g/mol. The Balaban J connectivity index is 0.00000256. The molecule has 0 radical (unpaired) electrons. The van der Waals surface area contributed by atoms with E-state index >= 15 is 0 Å². The third-order valence-corrected chi connectivity index (χ3v) is 2.36. The lowest BCUT2D eigenvalue weighted by Crippen LogP contribution is -2.17. The van der Waals surface area contributed by atoms with E-state index in [-0.39, 0.29) is 30.8 Å². The number of carbonyl (C=O) groups is 1. The van der Waals surface area contributed by atoms with Gasteiger partial charge in [-0.3, -0.25) is 4.79 Å². The molecule has 96 valence electrons. The van der Waals surface area contributed by atoms with E-state index in [0.717, 1.165) is 16.7 Å². The van der Waals surface area contributed by atoms with E-state index in [1.165, 1.54) is 0 Å². The molecule has 0 aliphatic rings. The van der Waals surface area contributed by atoms with E-state index in [0.29, 0.717) is 6.61 Å². The normalized spacial score (nSPS) is 11.5. The maximum atomic E-state index is 11.3. The van der Waals surface area contributed by atoms with Crippen molar-refractivity contribution in [3.05, 3.63) is 34.9 Å². The van der Waals surface area contributed by atoms with Gasteiger partial charge in [-0.05, 0) is 26.3 Å². The van der Waals surface area contributed by atoms with E-state index < -0.39 is 0 Å². The molecule has 1 atom stereocenters. The van der Waals surface area contributed by atoms with Crippen molar-refractivity contribution in [3.8, 4) is 0 Å². The summed E-state index contributed by atoms with van der Waals surface area (Å²) in [5, 5.41) is 0. The zero-order valence-corrected chi connectivity index (χ0v) is 11.3. The molecule has 1 aromatic carbocycles. The van der Waals surface area contributed by atoms with Crippen molar-refractivity contribution in [2.45, 2.75) is 33.2 Å². The second kappa shape index (κ2) is 7.30. The molecule has 0 aromatic heterocycles. The number of hydrogen-bond donors (Lipinski definition) is 1. The number of aryl methyl sites for hydroxylation is 2. The number of nitrogens with two attached hydrogens (primary N) is 1. The molecule has 2 N–H and O–H groups in total. The van der Waals surface area contributed by atoms with Crippen molar-refractivity contribution in [1.29, 1.82) is 0 Å². The Kier molecular flexibility index (Phi) is 6.85. The van der Waals surface area contributed by atoms with Gasteiger partial charge in [-0.1, -0.05) is 29.3 Å². The minimum absolute atomic E-state index is 0. The first-order chi connectivity index (χ1) is 7.52. The second-order valence-electron chi connectivity index (χ2n) is 4.04. The van der Waals surface area contributed by atoms with Gasteiger partial charge in [0.1, 0.15) is 0 Å². The number of benzene rings is 1. The zero-order chi connectivity index (χ0) is 12.1. The van der Waals surface area contributed by atoms with Crippen LogP contribution < -0.4 is 5.73 Å². The molecule has 4 heteroatoms. The Morgan fingerprint density at radius 1 is 1.29 bits per heavy atom. The molecule has 0 saturated carbocycles. The lowest BCUT2D eigenvalue weighted by Gasteiger charge is -2.12. The first kappa shape index (κ1) is 15.9. The van der Waals surface area contributed by atoms with Crippen molar-refractivity contribution in [2.75, 3.05) is 6.61 Å². The minimum Gasteiger partial charge on any atom is -0.466 e. The van der Waals surface area contributed by atoms with Gasteiger partial charge in [0.15, 0.2) is 0 Å². The van der Waals surface area contributed by atoms with Crippen molar-refractivity contribution in [2.24, 2.45) is 5.73 Å². The molecule has 0 heterocycles. The van der Waals surface area contributed by atoms with E-state index in [1.807, 2.05) is 26.0 Å². The summed E-state index contributed by atoms with van der Waals surface area (Å²) in [6.07, 6.45) is 0.233. The lowest BCUT2D eigenvalue weighted by molar-refractivity contribution is -0.143. The van der Waals surface area contributed by atoms with Crippen LogP contribution in [0.2, 0.25) is 0 Å². The van der Waals surface area contributed by atoms with Gasteiger partial charge in [0.25, 0.3) is 0 Å². The number of carbonyl (C=O) groups excluding carboxylic acids is 1. The van der Waals surface area contributed by atoms with Crippen LogP contribution in [0.25, 0.3) is 0 Å². The Labute approximate surface area is 109 Å². The summed E-state index contributed by atoms with van der Waals surface area (Å²) >= 11 is 0. The van der Waals surface area contributed by atoms with Crippen LogP contribution in [0.3, 0.4) is 0 Å². The summed E-state index contributed by atoms with van der Waals surface area (Å²) in [7, 11) is 0. The van der Waals surface area contributed by atoms with E-state index in [2.05, 4.69) is 6.07 Å². The fourth-order valence-electron chi connectivity index (χ4n) is 1.74. The molecule has 0 aliphatic carbocycles. The van der Waals surface area contributed by atoms with Crippen LogP contribution >= 0.6 is 12.4 Å². The molecule has 1 aromatic rings. The second-order valence-corrected chi connectivity index (χ2v) is 4.04. The Morgan fingerprint density at radius 2 is 1.82 bits per heavy atom. The SMILES string of the molecule is CCOC(=O)C[C@H](N)c1cc(C)cc(C)c1.Cl. The third kappa shape index (κ3) is 5.20. The van der Waals surface area contributed by atoms with Crippen LogP contribution in [0.15, 0.2) is 18.2 Å². The summed E-state index contributed by atoms with van der Waals surface area (Å²) in [5.74, 6) is -0.242. The van der Waals surface area contributed by atoms with Gasteiger partial charge in [0.05, 0.1) is 13.0 Å². The first-order valence-corrected chi connectivity index (χ1v) is 5.52. The summed E-state index contributed by atoms with van der Waals surface area (Å²) in [6.45, 7) is 6.24. The Morgan fingerprint density at radius 3 is 2.29 bits per heavy atom. The zero-order valence-electron chi connectivity index (χ0n) is 10.5. The average Bonchev–Trinajstić information content (AvgIpc) is 2.16. The highest BCUT2D eigenvalue weighted by molar-refractivity contribution is 5.85. The van der Waals surface area contributed by atoms with Crippen LogP contribution in [-0.4, -0.2) is 12.6 Å². The fraction of sp³-hybridized carbons (Fsp3) is 0.462. The van der Waals surface area contributed by atoms with E-state index in [9.17, 15) is 4.79 Å². The highest BCUT2D eigenvalue weighted by Crippen LogP contribution is 2.18. The fourth-order valence-corrected chi connectivity index (χ4v) is 1.74. The number of rotatable bonds is 4. The molecule has 0 bridgehead atoms. The summed E-state index contributed by atoms with van der Waals surface area (Å²) in [5.41, 5.74) is 9.28. The predicted octanol–water partition coefficient (Wildman–Crippen LogP) is 2.68. The summed E-state index contributed by atoms with van der Waals surface area (Å²) in [6, 6.07) is 5.83. The van der Waals surface area contributed by atoms with Crippen LogP contribution in [-0.2, 0) is 9.53 Å². The number of esters is 1. The molecule has 1 rings (SSSR count). The molecule has 0 aliphatic heterocycles. The first-order valence-electron chi connectivity index (χ1n) is 5.52. The largest absolute Gasteiger partial charge is 0.466 e. The van der Waals surface area contributed by atoms with Crippen LogP contribution in [0.1, 0.15) is 36.1 Å². The highest BCUT2D eigenvalue weighted by Gasteiger charge is 2.12.